The third kappa shape index (κ3) is 4.70. The lowest BCUT2D eigenvalue weighted by atomic mass is 9.99. The standard InChI is InChI=1S/C19H31FN2/c1-4-5-6-11-21-16(3)17-9-10-19(18(20)13-17)22-12-7-8-15(2)14-22/h9-10,13,15-16,21H,4-8,11-12,14H2,1-3H3/t15-,16+/m1/s1. The lowest BCUT2D eigenvalue weighted by molar-refractivity contribution is 0.442. The van der Waals surface area contributed by atoms with E-state index in [-0.39, 0.29) is 11.9 Å². The van der Waals surface area contributed by atoms with Crippen LogP contribution >= 0.6 is 0 Å². The number of nitrogens with one attached hydrogen (secondary N) is 1. The molecular formula is C19H31FN2. The van der Waals surface area contributed by atoms with Gasteiger partial charge in [0.2, 0.25) is 0 Å². The average Bonchev–Trinajstić information content (AvgIpc) is 2.51. The van der Waals surface area contributed by atoms with E-state index in [0.29, 0.717) is 5.92 Å². The predicted octanol–water partition coefficient (Wildman–Crippen LogP) is 4.90. The summed E-state index contributed by atoms with van der Waals surface area (Å²) in [6.07, 6.45) is 6.09. The highest BCUT2D eigenvalue weighted by molar-refractivity contribution is 5.50. The Bertz CT molecular complexity index is 461. The molecule has 1 saturated heterocycles. The molecule has 0 spiro atoms. The maximum Gasteiger partial charge on any atom is 0.146 e. The molecule has 0 aliphatic carbocycles. The van der Waals surface area contributed by atoms with Gasteiger partial charge in [0, 0.05) is 19.1 Å². The maximum atomic E-state index is 14.5. The minimum Gasteiger partial charge on any atom is -0.369 e. The summed E-state index contributed by atoms with van der Waals surface area (Å²) in [6, 6.07) is 5.97. The van der Waals surface area contributed by atoms with Gasteiger partial charge >= 0.3 is 0 Å². The molecule has 0 radical (unpaired) electrons. The van der Waals surface area contributed by atoms with Crippen LogP contribution in [0.1, 0.15) is 64.5 Å². The Kier molecular flexibility index (Phi) is 6.69. The summed E-state index contributed by atoms with van der Waals surface area (Å²) in [5.74, 6) is 0.584. The van der Waals surface area contributed by atoms with Gasteiger partial charge in [-0.3, -0.25) is 0 Å². The summed E-state index contributed by atoms with van der Waals surface area (Å²) < 4.78 is 14.5. The summed E-state index contributed by atoms with van der Waals surface area (Å²) in [5, 5.41) is 3.49. The first-order chi connectivity index (χ1) is 10.6. The first-order valence-corrected chi connectivity index (χ1v) is 8.89. The molecule has 1 aliphatic rings. The monoisotopic (exact) mass is 306 g/mol. The van der Waals surface area contributed by atoms with E-state index in [1.165, 1.54) is 25.7 Å². The molecule has 0 saturated carbocycles. The van der Waals surface area contributed by atoms with Gasteiger partial charge in [0.1, 0.15) is 5.82 Å². The van der Waals surface area contributed by atoms with E-state index in [9.17, 15) is 4.39 Å². The fourth-order valence-corrected chi connectivity index (χ4v) is 3.27. The molecule has 124 valence electrons. The van der Waals surface area contributed by atoms with E-state index >= 15 is 0 Å². The molecule has 0 unspecified atom stereocenters. The zero-order chi connectivity index (χ0) is 15.9. The number of benzene rings is 1. The van der Waals surface area contributed by atoms with Crippen LogP contribution in [0.2, 0.25) is 0 Å². The third-order valence-corrected chi connectivity index (χ3v) is 4.70. The molecule has 1 fully saturated rings. The minimum atomic E-state index is -0.0752. The molecule has 1 aromatic rings. The van der Waals surface area contributed by atoms with Gasteiger partial charge in [-0.2, -0.15) is 0 Å². The number of anilines is 1. The summed E-state index contributed by atoms with van der Waals surface area (Å²) in [5.41, 5.74) is 1.82. The van der Waals surface area contributed by atoms with Crippen molar-refractivity contribution in [1.82, 2.24) is 5.32 Å². The summed E-state index contributed by atoms with van der Waals surface area (Å²) in [4.78, 5) is 2.20. The van der Waals surface area contributed by atoms with Crippen LogP contribution in [0, 0.1) is 11.7 Å². The highest BCUT2D eigenvalue weighted by atomic mass is 19.1. The summed E-state index contributed by atoms with van der Waals surface area (Å²) in [7, 11) is 0. The fourth-order valence-electron chi connectivity index (χ4n) is 3.27. The fraction of sp³-hybridized carbons (Fsp3) is 0.684. The molecule has 1 N–H and O–H groups in total. The van der Waals surface area contributed by atoms with Crippen molar-refractivity contribution in [3.8, 4) is 0 Å². The summed E-state index contributed by atoms with van der Waals surface area (Å²) >= 11 is 0. The Morgan fingerprint density at radius 2 is 2.18 bits per heavy atom. The van der Waals surface area contributed by atoms with Crippen molar-refractivity contribution in [2.24, 2.45) is 5.92 Å². The number of piperidine rings is 1. The van der Waals surface area contributed by atoms with Crippen LogP contribution < -0.4 is 10.2 Å². The van der Waals surface area contributed by atoms with E-state index in [1.807, 2.05) is 6.07 Å². The molecule has 0 aromatic heterocycles. The predicted molar refractivity (Wildman–Crippen MR) is 93.0 cm³/mol. The van der Waals surface area contributed by atoms with Gasteiger partial charge < -0.3 is 10.2 Å². The smallest absolute Gasteiger partial charge is 0.146 e. The first kappa shape index (κ1) is 17.3. The van der Waals surface area contributed by atoms with Gasteiger partial charge in [-0.1, -0.05) is 32.8 Å². The Balaban J connectivity index is 1.96. The Hall–Kier alpha value is -1.09. The highest BCUT2D eigenvalue weighted by Crippen LogP contribution is 2.27. The quantitative estimate of drug-likeness (QED) is 0.721. The molecule has 2 nitrogen and oxygen atoms in total. The van der Waals surface area contributed by atoms with Crippen molar-refractivity contribution in [3.63, 3.8) is 0 Å². The number of hydrogen-bond acceptors (Lipinski definition) is 2. The van der Waals surface area contributed by atoms with Crippen molar-refractivity contribution in [1.29, 1.82) is 0 Å². The highest BCUT2D eigenvalue weighted by Gasteiger charge is 2.19. The van der Waals surface area contributed by atoms with Crippen molar-refractivity contribution in [3.05, 3.63) is 29.6 Å². The van der Waals surface area contributed by atoms with Crippen molar-refractivity contribution < 1.29 is 4.39 Å². The second-order valence-corrected chi connectivity index (χ2v) is 6.79. The van der Waals surface area contributed by atoms with Gasteiger partial charge in [0.25, 0.3) is 0 Å². The van der Waals surface area contributed by atoms with Crippen LogP contribution in [0.25, 0.3) is 0 Å². The molecule has 3 heteroatoms. The van der Waals surface area contributed by atoms with Gasteiger partial charge in [-0.15, -0.1) is 0 Å². The molecular weight excluding hydrogens is 275 g/mol. The van der Waals surface area contributed by atoms with E-state index in [0.717, 1.165) is 37.3 Å². The van der Waals surface area contributed by atoms with Crippen LogP contribution in [0.4, 0.5) is 10.1 Å². The molecule has 1 aromatic carbocycles. The van der Waals surface area contributed by atoms with Gasteiger partial charge in [-0.05, 0) is 56.3 Å². The number of hydrogen-bond donors (Lipinski definition) is 1. The lowest BCUT2D eigenvalue weighted by Gasteiger charge is -2.33. The Morgan fingerprint density at radius 1 is 1.36 bits per heavy atom. The molecule has 2 rings (SSSR count). The topological polar surface area (TPSA) is 15.3 Å². The normalized spacial score (nSPS) is 20.2. The third-order valence-electron chi connectivity index (χ3n) is 4.70. The van der Waals surface area contributed by atoms with Crippen molar-refractivity contribution >= 4 is 5.69 Å². The molecule has 0 amide bonds. The maximum absolute atomic E-state index is 14.5. The molecule has 1 heterocycles. The SMILES string of the molecule is CCCCCN[C@@H](C)c1ccc(N2CCC[C@@H](C)C2)c(F)c1. The Labute approximate surface area is 135 Å². The molecule has 1 aliphatic heterocycles. The number of rotatable bonds is 7. The van der Waals surface area contributed by atoms with E-state index in [1.54, 1.807) is 6.07 Å². The van der Waals surface area contributed by atoms with Crippen LogP contribution in [-0.2, 0) is 0 Å². The van der Waals surface area contributed by atoms with Crippen LogP contribution in [-0.4, -0.2) is 19.6 Å². The minimum absolute atomic E-state index is 0.0752. The number of halogens is 1. The van der Waals surface area contributed by atoms with Crippen LogP contribution in [0.5, 0.6) is 0 Å². The average molecular weight is 306 g/mol. The van der Waals surface area contributed by atoms with E-state index < -0.39 is 0 Å². The zero-order valence-corrected chi connectivity index (χ0v) is 14.4. The van der Waals surface area contributed by atoms with E-state index in [2.05, 4.69) is 37.1 Å². The second kappa shape index (κ2) is 8.52. The second-order valence-electron chi connectivity index (χ2n) is 6.79. The number of unbranched alkanes of at least 4 members (excludes halogenated alkanes) is 2. The van der Waals surface area contributed by atoms with Gasteiger partial charge in [0.05, 0.1) is 5.69 Å². The van der Waals surface area contributed by atoms with Crippen molar-refractivity contribution in [2.45, 2.75) is 58.9 Å². The molecule has 2 atom stereocenters. The van der Waals surface area contributed by atoms with Gasteiger partial charge in [-0.25, -0.2) is 4.39 Å². The first-order valence-electron chi connectivity index (χ1n) is 8.89. The van der Waals surface area contributed by atoms with E-state index in [4.69, 9.17) is 0 Å². The van der Waals surface area contributed by atoms with Crippen LogP contribution in [0.3, 0.4) is 0 Å². The summed E-state index contributed by atoms with van der Waals surface area (Å²) in [6.45, 7) is 9.53. The van der Waals surface area contributed by atoms with Gasteiger partial charge in [0.15, 0.2) is 0 Å². The van der Waals surface area contributed by atoms with Crippen LogP contribution in [0.15, 0.2) is 18.2 Å². The van der Waals surface area contributed by atoms with Crippen molar-refractivity contribution in [2.75, 3.05) is 24.5 Å². The number of nitrogens with zero attached hydrogens (tertiary/aromatic N) is 1. The Morgan fingerprint density at radius 3 is 2.86 bits per heavy atom. The molecule has 22 heavy (non-hydrogen) atoms. The largest absolute Gasteiger partial charge is 0.369 e. The zero-order valence-electron chi connectivity index (χ0n) is 14.4. The molecule has 0 bridgehead atoms. The lowest BCUT2D eigenvalue weighted by Crippen LogP contribution is -2.34.